The van der Waals surface area contributed by atoms with Gasteiger partial charge in [0.15, 0.2) is 0 Å². The zero-order valence-electron chi connectivity index (χ0n) is 11.8. The summed E-state index contributed by atoms with van der Waals surface area (Å²) in [5.41, 5.74) is 6.56. The Bertz CT molecular complexity index is 627. The van der Waals surface area contributed by atoms with Crippen molar-refractivity contribution in [2.75, 3.05) is 6.54 Å². The van der Waals surface area contributed by atoms with E-state index in [9.17, 15) is 4.79 Å². The Morgan fingerprint density at radius 3 is 2.81 bits per heavy atom. The molecule has 0 aliphatic rings. The van der Waals surface area contributed by atoms with Gasteiger partial charge in [0, 0.05) is 22.8 Å². The van der Waals surface area contributed by atoms with Crippen LogP contribution in [0, 0.1) is 0 Å². The Morgan fingerprint density at radius 1 is 1.48 bits per heavy atom. The molecule has 0 saturated heterocycles. The number of halogens is 2. The fourth-order valence-electron chi connectivity index (χ4n) is 1.63. The number of benzene rings is 1. The van der Waals surface area contributed by atoms with Crippen LogP contribution in [0.2, 0.25) is 0 Å². The van der Waals surface area contributed by atoms with E-state index in [0.29, 0.717) is 12.1 Å². The van der Waals surface area contributed by atoms with Gasteiger partial charge in [0.25, 0.3) is 5.91 Å². The summed E-state index contributed by atoms with van der Waals surface area (Å²) >= 11 is 3.41. The maximum atomic E-state index is 12.1. The lowest BCUT2D eigenvalue weighted by Crippen LogP contribution is -2.48. The highest BCUT2D eigenvalue weighted by Gasteiger charge is 2.20. The smallest absolute Gasteiger partial charge is 0.254 e. The first kappa shape index (κ1) is 17.7. The van der Waals surface area contributed by atoms with Crippen molar-refractivity contribution in [1.82, 2.24) is 15.1 Å². The minimum absolute atomic E-state index is 0. The zero-order chi connectivity index (χ0) is 14.8. The summed E-state index contributed by atoms with van der Waals surface area (Å²) in [6, 6.07) is 7.70. The Labute approximate surface area is 138 Å². The third-order valence-corrected chi connectivity index (χ3v) is 3.37. The number of carbonyl (C=O) groups excluding carboxylic acids is 1. The first-order valence-corrected chi connectivity index (χ1v) is 7.04. The number of rotatable bonds is 4. The second kappa shape index (κ2) is 7.06. The van der Waals surface area contributed by atoms with Crippen molar-refractivity contribution in [3.8, 4) is 5.69 Å². The van der Waals surface area contributed by atoms with Gasteiger partial charge >= 0.3 is 0 Å². The minimum atomic E-state index is -0.436. The van der Waals surface area contributed by atoms with Gasteiger partial charge in [-0.1, -0.05) is 22.0 Å². The minimum Gasteiger partial charge on any atom is -0.346 e. The molecule has 1 heterocycles. The molecular formula is C14H18BrClN4O. The summed E-state index contributed by atoms with van der Waals surface area (Å²) < 4.78 is 2.62. The molecular weight excluding hydrogens is 356 g/mol. The molecule has 0 spiro atoms. The fraction of sp³-hybridized carbons (Fsp3) is 0.286. The van der Waals surface area contributed by atoms with Crippen molar-refractivity contribution in [1.29, 1.82) is 0 Å². The number of nitrogens with zero attached hydrogens (tertiary/aromatic N) is 2. The van der Waals surface area contributed by atoms with Gasteiger partial charge in [-0.2, -0.15) is 5.10 Å². The van der Waals surface area contributed by atoms with Crippen LogP contribution in [0.4, 0.5) is 0 Å². The first-order chi connectivity index (χ1) is 9.41. The molecule has 1 aromatic heterocycles. The maximum Gasteiger partial charge on any atom is 0.254 e. The largest absolute Gasteiger partial charge is 0.346 e. The number of hydrogen-bond acceptors (Lipinski definition) is 3. The monoisotopic (exact) mass is 372 g/mol. The van der Waals surface area contributed by atoms with Crippen LogP contribution >= 0.6 is 28.3 Å². The Balaban J connectivity index is 0.00000220. The van der Waals surface area contributed by atoms with Crippen LogP contribution in [0.15, 0.2) is 41.1 Å². The highest BCUT2D eigenvalue weighted by molar-refractivity contribution is 9.10. The molecule has 0 aliphatic carbocycles. The van der Waals surface area contributed by atoms with Crippen LogP contribution in [0.25, 0.3) is 5.69 Å². The third-order valence-electron chi connectivity index (χ3n) is 2.88. The Hall–Kier alpha value is -1.37. The molecule has 1 aromatic carbocycles. The summed E-state index contributed by atoms with van der Waals surface area (Å²) in [5.74, 6) is -0.179. The summed E-state index contributed by atoms with van der Waals surface area (Å²) in [4.78, 5) is 12.1. The van der Waals surface area contributed by atoms with Crippen molar-refractivity contribution in [3.05, 3.63) is 46.7 Å². The van der Waals surface area contributed by atoms with Crippen LogP contribution in [0.5, 0.6) is 0 Å². The summed E-state index contributed by atoms with van der Waals surface area (Å²) in [7, 11) is 0. The number of nitrogens with one attached hydrogen (secondary N) is 1. The number of aromatic nitrogens is 2. The molecule has 0 atom stereocenters. The highest BCUT2D eigenvalue weighted by atomic mass is 79.9. The van der Waals surface area contributed by atoms with Crippen molar-refractivity contribution in [3.63, 3.8) is 0 Å². The van der Waals surface area contributed by atoms with Gasteiger partial charge in [-0.3, -0.25) is 4.79 Å². The Morgan fingerprint density at radius 2 is 2.19 bits per heavy atom. The van der Waals surface area contributed by atoms with Crippen molar-refractivity contribution in [2.24, 2.45) is 5.73 Å². The lowest BCUT2D eigenvalue weighted by molar-refractivity contribution is 0.0915. The van der Waals surface area contributed by atoms with Crippen LogP contribution < -0.4 is 11.1 Å². The van der Waals surface area contributed by atoms with Crippen molar-refractivity contribution in [2.45, 2.75) is 19.4 Å². The summed E-state index contributed by atoms with van der Waals surface area (Å²) in [6.07, 6.45) is 3.24. The molecule has 0 radical (unpaired) electrons. The number of amides is 1. The number of hydrogen-bond donors (Lipinski definition) is 2. The van der Waals surface area contributed by atoms with Crippen molar-refractivity contribution >= 4 is 34.2 Å². The maximum absolute atomic E-state index is 12.1. The first-order valence-electron chi connectivity index (χ1n) is 6.24. The van der Waals surface area contributed by atoms with E-state index >= 15 is 0 Å². The van der Waals surface area contributed by atoms with Gasteiger partial charge in [-0.05, 0) is 32.0 Å². The molecule has 2 rings (SSSR count). The second-order valence-corrected chi connectivity index (χ2v) is 6.11. The SMILES string of the molecule is CC(C)(CN)NC(=O)c1cnn(-c2cccc(Br)c2)c1.Cl. The fourth-order valence-corrected chi connectivity index (χ4v) is 2.02. The number of carbonyl (C=O) groups is 1. The molecule has 21 heavy (non-hydrogen) atoms. The van der Waals surface area contributed by atoms with Crippen molar-refractivity contribution < 1.29 is 4.79 Å². The normalized spacial score (nSPS) is 10.9. The molecule has 5 nitrogen and oxygen atoms in total. The van der Waals surface area contributed by atoms with Gasteiger partial charge < -0.3 is 11.1 Å². The van der Waals surface area contributed by atoms with E-state index in [1.165, 1.54) is 0 Å². The van der Waals surface area contributed by atoms with E-state index in [1.54, 1.807) is 17.1 Å². The van der Waals surface area contributed by atoms with Gasteiger partial charge in [-0.15, -0.1) is 12.4 Å². The molecule has 0 saturated carbocycles. The predicted octanol–water partition coefficient (Wildman–Crippen LogP) is 2.52. The lowest BCUT2D eigenvalue weighted by atomic mass is 10.1. The van der Waals surface area contributed by atoms with Gasteiger partial charge in [0.05, 0.1) is 17.4 Å². The molecule has 0 fully saturated rings. The summed E-state index contributed by atoms with van der Waals surface area (Å²) in [5, 5.41) is 7.08. The molecule has 2 aromatic rings. The second-order valence-electron chi connectivity index (χ2n) is 5.20. The Kier molecular flexibility index (Phi) is 5.95. The molecule has 1 amide bonds. The van der Waals surface area contributed by atoms with Crippen LogP contribution in [-0.4, -0.2) is 27.8 Å². The molecule has 7 heteroatoms. The molecule has 0 unspecified atom stereocenters. The molecule has 3 N–H and O–H groups in total. The van der Waals surface area contributed by atoms with Gasteiger partial charge in [-0.25, -0.2) is 4.68 Å². The highest BCUT2D eigenvalue weighted by Crippen LogP contribution is 2.15. The van der Waals surface area contributed by atoms with E-state index < -0.39 is 5.54 Å². The zero-order valence-corrected chi connectivity index (χ0v) is 14.2. The average Bonchev–Trinajstić information content (AvgIpc) is 2.88. The molecule has 114 valence electrons. The predicted molar refractivity (Wildman–Crippen MR) is 89.1 cm³/mol. The van der Waals surface area contributed by atoms with Gasteiger partial charge in [0.1, 0.15) is 0 Å². The van der Waals surface area contributed by atoms with E-state index in [0.717, 1.165) is 10.2 Å². The third kappa shape index (κ3) is 4.56. The quantitative estimate of drug-likeness (QED) is 0.865. The molecule has 0 aliphatic heterocycles. The topological polar surface area (TPSA) is 72.9 Å². The average molecular weight is 374 g/mol. The van der Waals surface area contributed by atoms with E-state index in [1.807, 2.05) is 38.1 Å². The lowest BCUT2D eigenvalue weighted by Gasteiger charge is -2.23. The van der Waals surface area contributed by atoms with E-state index in [4.69, 9.17) is 5.73 Å². The van der Waals surface area contributed by atoms with E-state index in [-0.39, 0.29) is 18.3 Å². The molecule has 0 bridgehead atoms. The van der Waals surface area contributed by atoms with Crippen LogP contribution in [-0.2, 0) is 0 Å². The standard InChI is InChI=1S/C14H17BrN4O.ClH/c1-14(2,9-16)18-13(20)10-7-17-19(8-10)12-5-3-4-11(15)6-12;/h3-8H,9,16H2,1-2H3,(H,18,20);1H. The van der Waals surface area contributed by atoms with Crippen LogP contribution in [0.1, 0.15) is 24.2 Å². The van der Waals surface area contributed by atoms with E-state index in [2.05, 4.69) is 26.3 Å². The van der Waals surface area contributed by atoms with Crippen LogP contribution in [0.3, 0.4) is 0 Å². The number of nitrogens with two attached hydrogens (primary N) is 1. The summed E-state index contributed by atoms with van der Waals surface area (Å²) in [6.45, 7) is 4.13. The van der Waals surface area contributed by atoms with Gasteiger partial charge in [0.2, 0.25) is 0 Å².